The number of hydrogen-bond donors (Lipinski definition) is 2. The minimum atomic E-state index is -0.453. The maximum atomic E-state index is 12.4. The number of furan rings is 1. The van der Waals surface area contributed by atoms with Gasteiger partial charge in [0, 0.05) is 4.88 Å². The number of aromatic nitrogens is 2. The average molecular weight is 343 g/mol. The molecule has 2 N–H and O–H groups in total. The second kappa shape index (κ2) is 6.45. The molecular formula is C17H17N3O3S. The summed E-state index contributed by atoms with van der Waals surface area (Å²) < 4.78 is 5.24. The van der Waals surface area contributed by atoms with E-state index in [1.54, 1.807) is 29.5 Å². The van der Waals surface area contributed by atoms with Crippen molar-refractivity contribution < 1.29 is 9.21 Å². The minimum Gasteiger partial charge on any atom is -0.463 e. The van der Waals surface area contributed by atoms with Gasteiger partial charge in [0.25, 0.3) is 11.5 Å². The first-order chi connectivity index (χ1) is 11.5. The predicted octanol–water partition coefficient (Wildman–Crippen LogP) is 3.20. The molecule has 1 atom stereocenters. The number of carbonyl (C=O) groups is 1. The van der Waals surface area contributed by atoms with Gasteiger partial charge in [0.05, 0.1) is 28.7 Å². The third kappa shape index (κ3) is 3.16. The molecule has 0 aliphatic rings. The minimum absolute atomic E-state index is 0.0658. The van der Waals surface area contributed by atoms with E-state index in [0.717, 1.165) is 15.6 Å². The molecule has 1 unspecified atom stereocenters. The number of aromatic amines is 1. The first-order valence-corrected chi connectivity index (χ1v) is 8.29. The number of carbonyl (C=O) groups excluding carboxylic acids is 1. The summed E-state index contributed by atoms with van der Waals surface area (Å²) in [5.41, 5.74) is 1.04. The van der Waals surface area contributed by atoms with Crippen LogP contribution in [-0.4, -0.2) is 15.9 Å². The number of H-pyrrole nitrogens is 1. The molecule has 124 valence electrons. The van der Waals surface area contributed by atoms with Gasteiger partial charge in [0.2, 0.25) is 0 Å². The summed E-state index contributed by atoms with van der Waals surface area (Å²) >= 11 is 1.54. The highest BCUT2D eigenvalue weighted by atomic mass is 32.1. The lowest BCUT2D eigenvalue weighted by Gasteiger charge is -2.12. The van der Waals surface area contributed by atoms with Crippen molar-refractivity contribution in [2.45, 2.75) is 26.8 Å². The van der Waals surface area contributed by atoms with E-state index in [2.05, 4.69) is 15.3 Å². The molecule has 7 heteroatoms. The summed E-state index contributed by atoms with van der Waals surface area (Å²) in [6, 6.07) is 6.41. The Morgan fingerprint density at radius 2 is 2.12 bits per heavy atom. The van der Waals surface area contributed by atoms with Gasteiger partial charge in [-0.25, -0.2) is 4.98 Å². The molecule has 0 saturated carbocycles. The van der Waals surface area contributed by atoms with Gasteiger partial charge in [-0.2, -0.15) is 0 Å². The van der Waals surface area contributed by atoms with E-state index < -0.39 is 11.5 Å². The SMILES string of the molecule is Cc1nc(C)c(C(C)NC(=O)c2ccc(-c3ccco3)[nH]c2=O)s1. The standard InChI is InChI=1S/C17H17N3O3S/c1-9-15(24-11(3)18-9)10(2)19-16(21)12-6-7-13(20-17(12)22)14-5-4-8-23-14/h4-8,10H,1-3H3,(H,19,21)(H,20,22). The summed E-state index contributed by atoms with van der Waals surface area (Å²) in [6.45, 7) is 5.71. The van der Waals surface area contributed by atoms with Gasteiger partial charge in [-0.3, -0.25) is 9.59 Å². The summed E-state index contributed by atoms with van der Waals surface area (Å²) in [5.74, 6) is 0.128. The molecule has 0 aliphatic carbocycles. The third-order valence-electron chi connectivity index (χ3n) is 3.62. The summed E-state index contributed by atoms with van der Waals surface area (Å²) in [4.78, 5) is 32.6. The zero-order valence-electron chi connectivity index (χ0n) is 13.5. The second-order valence-corrected chi connectivity index (χ2v) is 6.70. The predicted molar refractivity (Wildman–Crippen MR) is 92.2 cm³/mol. The topological polar surface area (TPSA) is 88.0 Å². The smallest absolute Gasteiger partial charge is 0.261 e. The second-order valence-electron chi connectivity index (χ2n) is 5.47. The van der Waals surface area contributed by atoms with Crippen LogP contribution < -0.4 is 10.9 Å². The summed E-state index contributed by atoms with van der Waals surface area (Å²) in [5, 5.41) is 3.80. The summed E-state index contributed by atoms with van der Waals surface area (Å²) in [7, 11) is 0. The third-order valence-corrected chi connectivity index (χ3v) is 4.88. The number of amides is 1. The lowest BCUT2D eigenvalue weighted by Crippen LogP contribution is -2.31. The monoisotopic (exact) mass is 343 g/mol. The molecule has 0 radical (unpaired) electrons. The fourth-order valence-electron chi connectivity index (χ4n) is 2.52. The molecule has 3 rings (SSSR count). The zero-order chi connectivity index (χ0) is 17.3. The van der Waals surface area contributed by atoms with Crippen LogP contribution in [0, 0.1) is 13.8 Å². The van der Waals surface area contributed by atoms with Gasteiger partial charge >= 0.3 is 0 Å². The highest BCUT2D eigenvalue weighted by Crippen LogP contribution is 2.24. The molecule has 0 saturated heterocycles. The Hall–Kier alpha value is -2.67. The number of nitrogens with one attached hydrogen (secondary N) is 2. The van der Waals surface area contributed by atoms with Crippen LogP contribution in [0.4, 0.5) is 0 Å². The van der Waals surface area contributed by atoms with E-state index in [1.165, 1.54) is 12.3 Å². The van der Waals surface area contributed by atoms with Crippen molar-refractivity contribution in [3.05, 3.63) is 62.0 Å². The van der Waals surface area contributed by atoms with Crippen LogP contribution in [0.5, 0.6) is 0 Å². The lowest BCUT2D eigenvalue weighted by atomic mass is 10.2. The number of rotatable bonds is 4. The Kier molecular flexibility index (Phi) is 4.35. The fourth-order valence-corrected chi connectivity index (χ4v) is 3.45. The Labute approximate surface area is 142 Å². The average Bonchev–Trinajstić information content (AvgIpc) is 3.16. The first kappa shape index (κ1) is 16.2. The Morgan fingerprint density at radius 3 is 2.71 bits per heavy atom. The molecule has 24 heavy (non-hydrogen) atoms. The Bertz CT molecular complexity index is 925. The van der Waals surface area contributed by atoms with E-state index in [1.807, 2.05) is 20.8 Å². The normalized spacial score (nSPS) is 12.1. The van der Waals surface area contributed by atoms with Gasteiger partial charge in [0.15, 0.2) is 0 Å². The Morgan fingerprint density at radius 1 is 1.33 bits per heavy atom. The van der Waals surface area contributed by atoms with E-state index in [0.29, 0.717) is 11.5 Å². The van der Waals surface area contributed by atoms with Crippen LogP contribution in [0.25, 0.3) is 11.5 Å². The van der Waals surface area contributed by atoms with Crippen LogP contribution in [-0.2, 0) is 0 Å². The van der Waals surface area contributed by atoms with Crippen LogP contribution in [0.2, 0.25) is 0 Å². The maximum absolute atomic E-state index is 12.4. The molecule has 0 bridgehead atoms. The zero-order valence-corrected chi connectivity index (χ0v) is 14.4. The van der Waals surface area contributed by atoms with Gasteiger partial charge in [-0.05, 0) is 45.0 Å². The summed E-state index contributed by atoms with van der Waals surface area (Å²) in [6.07, 6.45) is 1.52. The molecule has 6 nitrogen and oxygen atoms in total. The molecule has 3 aromatic rings. The number of pyridine rings is 1. The molecular weight excluding hydrogens is 326 g/mol. The Balaban J connectivity index is 1.80. The van der Waals surface area contributed by atoms with E-state index in [4.69, 9.17) is 4.42 Å². The van der Waals surface area contributed by atoms with Crippen molar-refractivity contribution in [3.8, 4) is 11.5 Å². The fraction of sp³-hybridized carbons (Fsp3) is 0.235. The van der Waals surface area contributed by atoms with Crippen molar-refractivity contribution in [2.75, 3.05) is 0 Å². The molecule has 0 aliphatic heterocycles. The van der Waals surface area contributed by atoms with Crippen LogP contribution >= 0.6 is 11.3 Å². The van der Waals surface area contributed by atoms with E-state index >= 15 is 0 Å². The van der Waals surface area contributed by atoms with Gasteiger partial charge in [-0.15, -0.1) is 11.3 Å². The molecule has 0 fully saturated rings. The number of thiazole rings is 1. The van der Waals surface area contributed by atoms with Crippen molar-refractivity contribution in [1.82, 2.24) is 15.3 Å². The largest absolute Gasteiger partial charge is 0.463 e. The van der Waals surface area contributed by atoms with Crippen LogP contribution in [0.15, 0.2) is 39.7 Å². The number of nitrogens with zero attached hydrogens (tertiary/aromatic N) is 1. The van der Waals surface area contributed by atoms with Crippen molar-refractivity contribution in [3.63, 3.8) is 0 Å². The van der Waals surface area contributed by atoms with Gasteiger partial charge < -0.3 is 14.7 Å². The molecule has 1 amide bonds. The highest BCUT2D eigenvalue weighted by Gasteiger charge is 2.18. The van der Waals surface area contributed by atoms with Crippen molar-refractivity contribution in [2.24, 2.45) is 0 Å². The van der Waals surface area contributed by atoms with E-state index in [9.17, 15) is 9.59 Å². The highest BCUT2D eigenvalue weighted by molar-refractivity contribution is 7.11. The van der Waals surface area contributed by atoms with Crippen molar-refractivity contribution in [1.29, 1.82) is 0 Å². The number of hydrogen-bond acceptors (Lipinski definition) is 5. The molecule has 0 spiro atoms. The van der Waals surface area contributed by atoms with Gasteiger partial charge in [0.1, 0.15) is 11.3 Å². The van der Waals surface area contributed by atoms with Crippen LogP contribution in [0.1, 0.15) is 38.9 Å². The maximum Gasteiger partial charge on any atom is 0.261 e. The molecule has 3 heterocycles. The molecule has 0 aromatic carbocycles. The van der Waals surface area contributed by atoms with Crippen LogP contribution in [0.3, 0.4) is 0 Å². The molecule has 3 aromatic heterocycles. The number of aryl methyl sites for hydroxylation is 2. The lowest BCUT2D eigenvalue weighted by molar-refractivity contribution is 0.0939. The van der Waals surface area contributed by atoms with Crippen molar-refractivity contribution >= 4 is 17.2 Å². The first-order valence-electron chi connectivity index (χ1n) is 7.47. The van der Waals surface area contributed by atoms with E-state index in [-0.39, 0.29) is 11.6 Å². The quantitative estimate of drug-likeness (QED) is 0.761. The van der Waals surface area contributed by atoms with Gasteiger partial charge in [-0.1, -0.05) is 0 Å².